The van der Waals surface area contributed by atoms with Crippen LogP contribution in [0.25, 0.3) is 0 Å². The summed E-state index contributed by atoms with van der Waals surface area (Å²) in [5, 5.41) is 3.05. The number of carbonyl (C=O) groups excluding carboxylic acids is 1. The number of anilines is 2. The number of halogens is 3. The standard InChI is InChI=1S/C11H7Cl3N4O/c12-7-2-5(15)1-6(10(7)14)11(19)18-9-3-8(13)16-4-17-9/h1-4H,15H2,(H,16,17,18,19). The maximum Gasteiger partial charge on any atom is 0.258 e. The van der Waals surface area contributed by atoms with Gasteiger partial charge < -0.3 is 11.1 Å². The van der Waals surface area contributed by atoms with E-state index in [4.69, 9.17) is 40.5 Å². The fraction of sp³-hybridized carbons (Fsp3) is 0. The zero-order chi connectivity index (χ0) is 14.0. The minimum Gasteiger partial charge on any atom is -0.399 e. The molecular formula is C11H7Cl3N4O. The van der Waals surface area contributed by atoms with Crippen LogP contribution in [-0.2, 0) is 0 Å². The van der Waals surface area contributed by atoms with Gasteiger partial charge in [0.05, 0.1) is 15.6 Å². The van der Waals surface area contributed by atoms with Crippen molar-refractivity contribution < 1.29 is 4.79 Å². The average molecular weight is 318 g/mol. The molecule has 0 aliphatic carbocycles. The van der Waals surface area contributed by atoms with Gasteiger partial charge in [0.25, 0.3) is 5.91 Å². The fourth-order valence-corrected chi connectivity index (χ4v) is 1.93. The largest absolute Gasteiger partial charge is 0.399 e. The van der Waals surface area contributed by atoms with Gasteiger partial charge in [-0.2, -0.15) is 0 Å². The number of hydrogen-bond acceptors (Lipinski definition) is 4. The Morgan fingerprint density at radius 3 is 2.58 bits per heavy atom. The first-order valence-corrected chi connectivity index (χ1v) is 6.14. The predicted molar refractivity (Wildman–Crippen MR) is 75.9 cm³/mol. The zero-order valence-corrected chi connectivity index (χ0v) is 11.6. The number of rotatable bonds is 2. The van der Waals surface area contributed by atoms with E-state index in [1.807, 2.05) is 0 Å². The number of nitrogen functional groups attached to an aromatic ring is 1. The summed E-state index contributed by atoms with van der Waals surface area (Å²) in [6.07, 6.45) is 1.23. The lowest BCUT2D eigenvalue weighted by Gasteiger charge is -2.08. The van der Waals surface area contributed by atoms with Crippen molar-refractivity contribution in [1.29, 1.82) is 0 Å². The number of benzene rings is 1. The van der Waals surface area contributed by atoms with Gasteiger partial charge in [0.2, 0.25) is 0 Å². The van der Waals surface area contributed by atoms with Gasteiger partial charge in [-0.25, -0.2) is 9.97 Å². The van der Waals surface area contributed by atoms with Crippen molar-refractivity contribution in [2.45, 2.75) is 0 Å². The number of amides is 1. The summed E-state index contributed by atoms with van der Waals surface area (Å²) in [5.41, 5.74) is 6.10. The van der Waals surface area contributed by atoms with Crippen molar-refractivity contribution in [3.05, 3.63) is 45.3 Å². The molecule has 8 heteroatoms. The summed E-state index contributed by atoms with van der Waals surface area (Å²) >= 11 is 17.5. The molecule has 0 saturated carbocycles. The minimum absolute atomic E-state index is 0.119. The highest BCUT2D eigenvalue weighted by molar-refractivity contribution is 6.44. The van der Waals surface area contributed by atoms with Crippen LogP contribution >= 0.6 is 34.8 Å². The van der Waals surface area contributed by atoms with Crippen molar-refractivity contribution in [2.75, 3.05) is 11.1 Å². The van der Waals surface area contributed by atoms with Gasteiger partial charge in [0.1, 0.15) is 17.3 Å². The van der Waals surface area contributed by atoms with Gasteiger partial charge in [-0.15, -0.1) is 0 Å². The van der Waals surface area contributed by atoms with Gasteiger partial charge in [-0.05, 0) is 12.1 Å². The SMILES string of the molecule is Nc1cc(Cl)c(Cl)c(C(=O)Nc2cc(Cl)ncn2)c1. The van der Waals surface area contributed by atoms with E-state index in [9.17, 15) is 4.79 Å². The van der Waals surface area contributed by atoms with Crippen molar-refractivity contribution in [2.24, 2.45) is 0 Å². The smallest absolute Gasteiger partial charge is 0.258 e. The second-order valence-electron chi connectivity index (χ2n) is 3.54. The van der Waals surface area contributed by atoms with Crippen LogP contribution in [0.15, 0.2) is 24.5 Å². The van der Waals surface area contributed by atoms with E-state index in [-0.39, 0.29) is 26.6 Å². The molecule has 0 aliphatic heterocycles. The van der Waals surface area contributed by atoms with Crippen LogP contribution in [-0.4, -0.2) is 15.9 Å². The van der Waals surface area contributed by atoms with E-state index in [1.54, 1.807) is 0 Å². The average Bonchev–Trinajstić information content (AvgIpc) is 2.33. The molecule has 0 atom stereocenters. The molecule has 1 aromatic heterocycles. The molecule has 1 aromatic carbocycles. The van der Waals surface area contributed by atoms with Crippen LogP contribution < -0.4 is 11.1 Å². The van der Waals surface area contributed by atoms with Crippen molar-refractivity contribution in [1.82, 2.24) is 9.97 Å². The summed E-state index contributed by atoms with van der Waals surface area (Å²) in [6.45, 7) is 0. The Labute approximate surface area is 123 Å². The predicted octanol–water partition coefficient (Wildman–Crippen LogP) is 3.27. The summed E-state index contributed by atoms with van der Waals surface area (Å²) in [5.74, 6) is -0.242. The third kappa shape index (κ3) is 3.26. The third-order valence-corrected chi connectivity index (χ3v) is 3.18. The van der Waals surface area contributed by atoms with Crippen molar-refractivity contribution >= 4 is 52.2 Å². The molecule has 0 saturated heterocycles. The molecule has 3 N–H and O–H groups in total. The Morgan fingerprint density at radius 1 is 1.16 bits per heavy atom. The first-order chi connectivity index (χ1) is 8.97. The Balaban J connectivity index is 2.30. The summed E-state index contributed by atoms with van der Waals surface area (Å²) in [6, 6.07) is 4.29. The Morgan fingerprint density at radius 2 is 1.89 bits per heavy atom. The molecule has 0 bridgehead atoms. The van der Waals surface area contributed by atoms with Gasteiger partial charge in [-0.1, -0.05) is 34.8 Å². The second-order valence-corrected chi connectivity index (χ2v) is 4.72. The van der Waals surface area contributed by atoms with Crippen LogP contribution in [0.1, 0.15) is 10.4 Å². The van der Waals surface area contributed by atoms with E-state index in [2.05, 4.69) is 15.3 Å². The summed E-state index contributed by atoms with van der Waals surface area (Å²) in [4.78, 5) is 19.6. The lowest BCUT2D eigenvalue weighted by Crippen LogP contribution is -2.14. The lowest BCUT2D eigenvalue weighted by atomic mass is 10.2. The molecule has 0 aliphatic rings. The summed E-state index contributed by atoms with van der Waals surface area (Å²) < 4.78 is 0. The van der Waals surface area contributed by atoms with Crippen LogP contribution in [0.2, 0.25) is 15.2 Å². The molecule has 0 fully saturated rings. The molecule has 0 unspecified atom stereocenters. The summed E-state index contributed by atoms with van der Waals surface area (Å²) in [7, 11) is 0. The van der Waals surface area contributed by atoms with Crippen LogP contribution in [0.4, 0.5) is 11.5 Å². The van der Waals surface area contributed by atoms with Crippen molar-refractivity contribution in [3.63, 3.8) is 0 Å². The molecule has 2 rings (SSSR count). The molecule has 1 amide bonds. The van der Waals surface area contributed by atoms with Gasteiger partial charge >= 0.3 is 0 Å². The Hall–Kier alpha value is -1.56. The molecule has 5 nitrogen and oxygen atoms in total. The maximum atomic E-state index is 12.0. The molecule has 98 valence electrons. The molecule has 19 heavy (non-hydrogen) atoms. The lowest BCUT2D eigenvalue weighted by molar-refractivity contribution is 0.102. The van der Waals surface area contributed by atoms with E-state index < -0.39 is 5.91 Å². The highest BCUT2D eigenvalue weighted by Crippen LogP contribution is 2.29. The second kappa shape index (κ2) is 5.61. The molecule has 0 spiro atoms. The van der Waals surface area contributed by atoms with Crippen LogP contribution in [0, 0.1) is 0 Å². The van der Waals surface area contributed by atoms with Crippen molar-refractivity contribution in [3.8, 4) is 0 Å². The van der Waals surface area contributed by atoms with Gasteiger partial charge in [0, 0.05) is 11.8 Å². The third-order valence-electron chi connectivity index (χ3n) is 2.17. The topological polar surface area (TPSA) is 80.9 Å². The van der Waals surface area contributed by atoms with E-state index in [0.29, 0.717) is 5.69 Å². The molecular weight excluding hydrogens is 311 g/mol. The van der Waals surface area contributed by atoms with Gasteiger partial charge in [0.15, 0.2) is 0 Å². The van der Waals surface area contributed by atoms with Crippen LogP contribution in [0.5, 0.6) is 0 Å². The number of nitrogens with zero attached hydrogens (tertiary/aromatic N) is 2. The maximum absolute atomic E-state index is 12.0. The first kappa shape index (κ1) is 13.9. The number of aromatic nitrogens is 2. The number of nitrogens with one attached hydrogen (secondary N) is 1. The van der Waals surface area contributed by atoms with Gasteiger partial charge in [-0.3, -0.25) is 4.79 Å². The molecule has 2 aromatic rings. The minimum atomic E-state index is -0.492. The quantitative estimate of drug-likeness (QED) is 0.658. The number of carbonyl (C=O) groups is 1. The first-order valence-electron chi connectivity index (χ1n) is 5.01. The zero-order valence-electron chi connectivity index (χ0n) is 9.32. The van der Waals surface area contributed by atoms with E-state index >= 15 is 0 Å². The highest BCUT2D eigenvalue weighted by Gasteiger charge is 2.15. The normalized spacial score (nSPS) is 10.3. The van der Waals surface area contributed by atoms with E-state index in [1.165, 1.54) is 24.5 Å². The number of hydrogen-bond donors (Lipinski definition) is 2. The highest BCUT2D eigenvalue weighted by atomic mass is 35.5. The Bertz CT molecular complexity index is 648. The Kier molecular flexibility index (Phi) is 4.09. The van der Waals surface area contributed by atoms with Crippen LogP contribution in [0.3, 0.4) is 0 Å². The van der Waals surface area contributed by atoms with E-state index in [0.717, 1.165) is 0 Å². The molecule has 0 radical (unpaired) electrons. The number of nitrogens with two attached hydrogens (primary N) is 1. The monoisotopic (exact) mass is 316 g/mol. The molecule has 1 heterocycles. The fourth-order valence-electron chi connectivity index (χ4n) is 1.36.